The molecule has 42 heavy (non-hydrogen) atoms. The Labute approximate surface area is 245 Å². The minimum absolute atomic E-state index is 0.0208. The summed E-state index contributed by atoms with van der Waals surface area (Å²) < 4.78 is 17.5. The quantitative estimate of drug-likeness (QED) is 0.381. The van der Waals surface area contributed by atoms with Gasteiger partial charge in [0.15, 0.2) is 0 Å². The van der Waals surface area contributed by atoms with Crippen LogP contribution in [0.1, 0.15) is 31.2 Å². The van der Waals surface area contributed by atoms with Crippen LogP contribution in [0.5, 0.6) is 0 Å². The van der Waals surface area contributed by atoms with E-state index in [9.17, 15) is 24.6 Å². The monoisotopic (exact) mass is 587 g/mol. The number of likely N-dealkylation sites (tertiary alicyclic amines) is 1. The van der Waals surface area contributed by atoms with Crippen molar-refractivity contribution in [2.45, 2.75) is 74.8 Å². The first-order valence-electron chi connectivity index (χ1n) is 15.1. The van der Waals surface area contributed by atoms with Gasteiger partial charge in [0.1, 0.15) is 18.3 Å². The van der Waals surface area contributed by atoms with E-state index in [1.807, 2.05) is 17.0 Å². The normalized spacial score (nSPS) is 35.3. The molecular formula is C29H41N5O8. The van der Waals surface area contributed by atoms with Crippen molar-refractivity contribution in [3.8, 4) is 0 Å². The standard InChI is InChI=1S/C29H41N5O8/c35-25-11-23-26(36)27(37)24(42-23)17-34(28(38)19-3-7-40-8-4-19)16-21-15-32(6-9-41-21)29(39)22-10-20(31-25)14-33(22)13-18-2-1-5-30-12-18/h1-2,5,12,19-24,26-27,36-37H,3-4,6-11,13-17H2,(H,31,35)/t20-,21-,22-,23-,24+,26-,27+/m0/s1. The van der Waals surface area contributed by atoms with Crippen molar-refractivity contribution in [3.63, 3.8) is 0 Å². The molecule has 13 heteroatoms. The van der Waals surface area contributed by atoms with Gasteiger partial charge >= 0.3 is 0 Å². The van der Waals surface area contributed by atoms with E-state index in [0.717, 1.165) is 5.56 Å². The molecule has 6 bridgehead atoms. The number of amides is 3. The second-order valence-electron chi connectivity index (χ2n) is 12.1. The number of hydrogen-bond acceptors (Lipinski definition) is 10. The maximum absolute atomic E-state index is 14.0. The van der Waals surface area contributed by atoms with Crippen LogP contribution in [0.25, 0.3) is 0 Å². The number of morpholine rings is 1. The number of pyridine rings is 1. The van der Waals surface area contributed by atoms with Crippen molar-refractivity contribution in [1.29, 1.82) is 0 Å². The van der Waals surface area contributed by atoms with Gasteiger partial charge in [0.05, 0.1) is 31.3 Å². The zero-order chi connectivity index (χ0) is 29.2. The third-order valence-electron chi connectivity index (χ3n) is 9.17. The second kappa shape index (κ2) is 12.9. The molecule has 5 aliphatic heterocycles. The maximum Gasteiger partial charge on any atom is 0.240 e. The zero-order valence-electron chi connectivity index (χ0n) is 23.8. The van der Waals surface area contributed by atoms with Crippen LogP contribution in [0.2, 0.25) is 0 Å². The molecule has 3 amide bonds. The van der Waals surface area contributed by atoms with E-state index in [-0.39, 0.29) is 49.2 Å². The molecule has 5 saturated heterocycles. The van der Waals surface area contributed by atoms with E-state index in [2.05, 4.69) is 15.2 Å². The van der Waals surface area contributed by atoms with Gasteiger partial charge in [-0.05, 0) is 30.9 Å². The summed E-state index contributed by atoms with van der Waals surface area (Å²) in [6, 6.07) is 3.12. The highest BCUT2D eigenvalue weighted by molar-refractivity contribution is 5.83. The fraction of sp³-hybridized carbons (Fsp3) is 0.724. The maximum atomic E-state index is 14.0. The molecule has 6 rings (SSSR count). The van der Waals surface area contributed by atoms with Crippen LogP contribution in [0.15, 0.2) is 24.5 Å². The summed E-state index contributed by atoms with van der Waals surface area (Å²) in [4.78, 5) is 50.5. The van der Waals surface area contributed by atoms with E-state index in [1.54, 1.807) is 17.3 Å². The molecule has 0 aromatic carbocycles. The first kappa shape index (κ1) is 29.4. The largest absolute Gasteiger partial charge is 0.388 e. The molecule has 7 atom stereocenters. The van der Waals surface area contributed by atoms with E-state index in [0.29, 0.717) is 65.3 Å². The molecule has 1 aromatic heterocycles. The third kappa shape index (κ3) is 6.46. The highest BCUT2D eigenvalue weighted by Crippen LogP contribution is 2.28. The topological polar surface area (TPSA) is 154 Å². The summed E-state index contributed by atoms with van der Waals surface area (Å²) in [5, 5.41) is 24.7. The Morgan fingerprint density at radius 1 is 1.05 bits per heavy atom. The second-order valence-corrected chi connectivity index (χ2v) is 12.1. The molecule has 0 radical (unpaired) electrons. The summed E-state index contributed by atoms with van der Waals surface area (Å²) in [6.07, 6.45) is 0.278. The van der Waals surface area contributed by atoms with Crippen molar-refractivity contribution in [1.82, 2.24) is 25.0 Å². The molecule has 0 unspecified atom stereocenters. The van der Waals surface area contributed by atoms with E-state index < -0.39 is 36.6 Å². The smallest absolute Gasteiger partial charge is 0.240 e. The number of carbonyl (C=O) groups excluding carboxylic acids is 3. The van der Waals surface area contributed by atoms with Crippen LogP contribution < -0.4 is 5.32 Å². The number of ether oxygens (including phenoxy) is 3. The van der Waals surface area contributed by atoms with Gasteiger partial charge in [-0.2, -0.15) is 0 Å². The Morgan fingerprint density at radius 2 is 1.86 bits per heavy atom. The lowest BCUT2D eigenvalue weighted by Gasteiger charge is -2.39. The van der Waals surface area contributed by atoms with Gasteiger partial charge in [-0.1, -0.05) is 6.07 Å². The summed E-state index contributed by atoms with van der Waals surface area (Å²) in [5.41, 5.74) is 0.970. The molecule has 3 N–H and O–H groups in total. The molecule has 0 spiro atoms. The Kier molecular flexibility index (Phi) is 9.03. The number of nitrogens with one attached hydrogen (secondary N) is 1. The van der Waals surface area contributed by atoms with Gasteiger partial charge in [0.2, 0.25) is 17.7 Å². The van der Waals surface area contributed by atoms with Crippen molar-refractivity contribution < 1.29 is 38.8 Å². The Balaban J connectivity index is 1.26. The van der Waals surface area contributed by atoms with Crippen molar-refractivity contribution in [2.24, 2.45) is 5.92 Å². The molecule has 5 aliphatic rings. The van der Waals surface area contributed by atoms with Crippen LogP contribution in [-0.2, 0) is 35.1 Å². The number of carbonyl (C=O) groups is 3. The van der Waals surface area contributed by atoms with Crippen molar-refractivity contribution >= 4 is 17.7 Å². The van der Waals surface area contributed by atoms with Gasteiger partial charge < -0.3 is 39.5 Å². The number of nitrogens with zero attached hydrogens (tertiary/aromatic N) is 4. The molecule has 0 aliphatic carbocycles. The van der Waals surface area contributed by atoms with Gasteiger partial charge in [0, 0.05) is 76.8 Å². The van der Waals surface area contributed by atoms with Crippen LogP contribution in [0, 0.1) is 5.92 Å². The van der Waals surface area contributed by atoms with Gasteiger partial charge in [-0.3, -0.25) is 24.3 Å². The molecule has 0 saturated carbocycles. The van der Waals surface area contributed by atoms with E-state index >= 15 is 0 Å². The lowest BCUT2D eigenvalue weighted by Crippen LogP contribution is -2.56. The lowest BCUT2D eigenvalue weighted by molar-refractivity contribution is -0.150. The van der Waals surface area contributed by atoms with Crippen LogP contribution in [-0.4, -0.2) is 143 Å². The van der Waals surface area contributed by atoms with E-state index in [1.165, 1.54) is 0 Å². The number of hydrogen-bond donors (Lipinski definition) is 3. The summed E-state index contributed by atoms with van der Waals surface area (Å²) in [7, 11) is 0. The molecule has 6 heterocycles. The lowest BCUT2D eigenvalue weighted by atomic mass is 9.97. The first-order valence-corrected chi connectivity index (χ1v) is 15.1. The fourth-order valence-corrected chi connectivity index (χ4v) is 6.94. The van der Waals surface area contributed by atoms with Gasteiger partial charge in [-0.15, -0.1) is 0 Å². The van der Waals surface area contributed by atoms with Crippen molar-refractivity contribution in [3.05, 3.63) is 30.1 Å². The van der Waals surface area contributed by atoms with Gasteiger partial charge in [0.25, 0.3) is 0 Å². The number of aliphatic hydroxyl groups excluding tert-OH is 2. The summed E-state index contributed by atoms with van der Waals surface area (Å²) >= 11 is 0. The van der Waals surface area contributed by atoms with Crippen LogP contribution in [0.4, 0.5) is 0 Å². The predicted molar refractivity (Wildman–Crippen MR) is 147 cm³/mol. The Bertz CT molecular complexity index is 1120. The fourth-order valence-electron chi connectivity index (χ4n) is 6.94. The van der Waals surface area contributed by atoms with Gasteiger partial charge in [-0.25, -0.2) is 0 Å². The predicted octanol–water partition coefficient (Wildman–Crippen LogP) is -1.48. The first-order chi connectivity index (χ1) is 20.4. The van der Waals surface area contributed by atoms with Crippen LogP contribution in [0.3, 0.4) is 0 Å². The number of fused-ring (bicyclic) bond motifs is 6. The SMILES string of the molecule is O=C1C[C@@H]2O[C@H](CN(C(=O)C3CCOCC3)C[C@@H]3CN(CCO3)C(=O)[C@@H]3C[C@@H](CN3Cc3cccnc3)N1)[C@@H](O)[C@H]2O. The number of rotatable bonds is 3. The molecule has 230 valence electrons. The average Bonchev–Trinajstić information content (AvgIpc) is 3.51. The Morgan fingerprint density at radius 3 is 2.64 bits per heavy atom. The minimum Gasteiger partial charge on any atom is -0.388 e. The third-order valence-corrected chi connectivity index (χ3v) is 9.17. The number of aromatic nitrogens is 1. The van der Waals surface area contributed by atoms with Crippen molar-refractivity contribution in [2.75, 3.05) is 52.5 Å². The molecular weight excluding hydrogens is 546 g/mol. The highest BCUT2D eigenvalue weighted by Gasteiger charge is 2.47. The molecule has 13 nitrogen and oxygen atoms in total. The zero-order valence-corrected chi connectivity index (χ0v) is 23.8. The molecule has 1 aromatic rings. The van der Waals surface area contributed by atoms with E-state index in [4.69, 9.17) is 14.2 Å². The average molecular weight is 588 g/mol. The highest BCUT2D eigenvalue weighted by atomic mass is 16.5. The minimum atomic E-state index is -1.27. The summed E-state index contributed by atoms with van der Waals surface area (Å²) in [6.45, 7) is 3.37. The molecule has 5 fully saturated rings. The summed E-state index contributed by atoms with van der Waals surface area (Å²) in [5.74, 6) is -0.654. The van der Waals surface area contributed by atoms with Crippen LogP contribution >= 0.6 is 0 Å². The number of aliphatic hydroxyl groups is 2. The Hall–Kier alpha value is -2.68.